The smallest absolute Gasteiger partial charge is 0.326 e. The maximum atomic E-state index is 12.7. The molecule has 11 nitrogen and oxygen atoms in total. The van der Waals surface area contributed by atoms with E-state index >= 15 is 0 Å². The van der Waals surface area contributed by atoms with Crippen LogP contribution in [0.25, 0.3) is 11.7 Å². The lowest BCUT2D eigenvalue weighted by Gasteiger charge is -2.15. The quantitative estimate of drug-likeness (QED) is 0.360. The Balaban J connectivity index is 1.25. The molecule has 4 N–H and O–H groups in total. The van der Waals surface area contributed by atoms with E-state index < -0.39 is 5.69 Å². The zero-order valence-corrected chi connectivity index (χ0v) is 20.6. The molecule has 12 heteroatoms. The minimum absolute atomic E-state index is 0.00861. The van der Waals surface area contributed by atoms with Crippen LogP contribution >= 0.6 is 11.8 Å². The number of likely N-dealkylation sites (tertiary alicyclic amines) is 1. The van der Waals surface area contributed by atoms with Crippen LogP contribution in [0.15, 0.2) is 33.0 Å². The lowest BCUT2D eigenvalue weighted by Crippen LogP contribution is -2.33. The maximum absolute atomic E-state index is 12.7. The third kappa shape index (κ3) is 4.82. The number of aromatic nitrogens is 5. The summed E-state index contributed by atoms with van der Waals surface area (Å²) in [4.78, 5) is 42.0. The van der Waals surface area contributed by atoms with E-state index in [2.05, 4.69) is 25.3 Å². The third-order valence-corrected chi connectivity index (χ3v) is 7.97. The Kier molecular flexibility index (Phi) is 6.13. The number of hydrogen-bond donors (Lipinski definition) is 4. The second-order valence-corrected chi connectivity index (χ2v) is 10.7. The fourth-order valence-electron chi connectivity index (χ4n) is 4.59. The van der Waals surface area contributed by atoms with Gasteiger partial charge in [-0.05, 0) is 51.3 Å². The van der Waals surface area contributed by atoms with Gasteiger partial charge in [-0.3, -0.25) is 14.8 Å². The van der Waals surface area contributed by atoms with Gasteiger partial charge >= 0.3 is 5.69 Å². The van der Waals surface area contributed by atoms with Gasteiger partial charge in [-0.1, -0.05) is 6.08 Å². The second-order valence-electron chi connectivity index (χ2n) is 9.44. The monoisotopic (exact) mass is 508 g/mol. The minimum Gasteiger partial charge on any atom is -0.493 e. The van der Waals surface area contributed by atoms with E-state index in [0.717, 1.165) is 43.1 Å². The predicted octanol–water partition coefficient (Wildman–Crippen LogP) is 0.336. The molecule has 5 heterocycles. The van der Waals surface area contributed by atoms with Gasteiger partial charge in [-0.2, -0.15) is 9.61 Å². The number of aromatic amines is 2. The Labute approximate surface area is 210 Å². The number of H-pyrrole nitrogens is 2. The fraction of sp³-hybridized carbons (Fsp3) is 0.458. The first kappa shape index (κ1) is 23.0. The first-order valence-electron chi connectivity index (χ1n) is 12.4. The van der Waals surface area contributed by atoms with Crippen LogP contribution in [-0.4, -0.2) is 72.7 Å². The molecule has 1 aliphatic carbocycles. The standard InChI is InChI=1S/C24H28N8O3S/c33-22-17(29-24(35)30-22)11-14-13-26-32-20(27-15-3-4-15)12-16(28-21(14)32)18-5-6-19(36-18)23(34)25-7-10-31-8-1-2-9-31/h6,11-13,15,18,33H,1-5,7-10H2,(H,25,34)(H2,29,30,35). The van der Waals surface area contributed by atoms with E-state index in [-0.39, 0.29) is 28.8 Å². The molecule has 1 unspecified atom stereocenters. The number of imidazole rings is 1. The zero-order valence-electron chi connectivity index (χ0n) is 19.7. The highest BCUT2D eigenvalue weighted by Gasteiger charge is 2.27. The number of aromatic hydroxyl groups is 1. The van der Waals surface area contributed by atoms with Crippen LogP contribution in [0.5, 0.6) is 5.88 Å². The molecule has 2 fully saturated rings. The number of carbonyl (C=O) groups is 1. The summed E-state index contributed by atoms with van der Waals surface area (Å²) in [5.41, 5.74) is 1.89. The van der Waals surface area contributed by atoms with Gasteiger partial charge < -0.3 is 20.3 Å². The molecule has 0 radical (unpaired) electrons. The number of carbonyl (C=O) groups excluding carboxylic acids is 1. The molecule has 0 aromatic carbocycles. The fourth-order valence-corrected chi connectivity index (χ4v) is 5.70. The van der Waals surface area contributed by atoms with E-state index in [4.69, 9.17) is 9.98 Å². The largest absolute Gasteiger partial charge is 0.493 e. The molecular weight excluding hydrogens is 480 g/mol. The first-order chi connectivity index (χ1) is 17.5. The van der Waals surface area contributed by atoms with Crippen LogP contribution in [-0.2, 0) is 4.79 Å². The van der Waals surface area contributed by atoms with Crippen LogP contribution in [0, 0.1) is 0 Å². The van der Waals surface area contributed by atoms with Crippen LogP contribution in [0.4, 0.5) is 0 Å². The van der Waals surface area contributed by atoms with Gasteiger partial charge in [0.15, 0.2) is 11.1 Å². The SMILES string of the molecule is O=C(NCCN1CCCC1)C1=CCC(c2cc(=NC3CC3)n3ncc(=Cc4[nH]c(=O)[nH]c4O)c3n2)S1. The number of thioether (sulfide) groups is 1. The molecule has 1 saturated carbocycles. The average Bonchev–Trinajstić information content (AvgIpc) is 3.27. The topological polar surface area (TPSA) is 144 Å². The van der Waals surface area contributed by atoms with E-state index in [0.29, 0.717) is 29.3 Å². The summed E-state index contributed by atoms with van der Waals surface area (Å²) in [6, 6.07) is 2.24. The molecule has 36 heavy (non-hydrogen) atoms. The van der Waals surface area contributed by atoms with Crippen molar-refractivity contribution in [3.63, 3.8) is 0 Å². The van der Waals surface area contributed by atoms with Crippen LogP contribution in [0.1, 0.15) is 48.7 Å². The number of nitrogens with one attached hydrogen (secondary N) is 3. The number of nitrogens with zero attached hydrogens (tertiary/aromatic N) is 5. The maximum Gasteiger partial charge on any atom is 0.326 e. The molecule has 1 amide bonds. The molecule has 3 aromatic rings. The van der Waals surface area contributed by atoms with Gasteiger partial charge in [0, 0.05) is 24.4 Å². The molecular formula is C24H28N8O3S. The number of amides is 1. The Hall–Kier alpha value is -3.38. The predicted molar refractivity (Wildman–Crippen MR) is 135 cm³/mol. The lowest BCUT2D eigenvalue weighted by atomic mass is 10.2. The van der Waals surface area contributed by atoms with Crippen molar-refractivity contribution in [2.24, 2.45) is 4.99 Å². The van der Waals surface area contributed by atoms with Gasteiger partial charge in [0.25, 0.3) is 5.91 Å². The summed E-state index contributed by atoms with van der Waals surface area (Å²) < 4.78 is 1.69. The van der Waals surface area contributed by atoms with E-state index in [1.54, 1.807) is 16.8 Å². The number of fused-ring (bicyclic) bond motifs is 1. The van der Waals surface area contributed by atoms with Crippen LogP contribution in [0.3, 0.4) is 0 Å². The van der Waals surface area contributed by atoms with Crippen molar-refractivity contribution >= 4 is 29.4 Å². The number of hydrogen-bond acceptors (Lipinski definition) is 8. The Morgan fingerprint density at radius 1 is 1.31 bits per heavy atom. The van der Waals surface area contributed by atoms with Crippen molar-refractivity contribution in [2.45, 2.75) is 43.4 Å². The van der Waals surface area contributed by atoms with Gasteiger partial charge in [0.05, 0.1) is 28.1 Å². The van der Waals surface area contributed by atoms with Crippen molar-refractivity contribution in [3.05, 3.63) is 55.8 Å². The third-order valence-electron chi connectivity index (χ3n) is 6.65. The van der Waals surface area contributed by atoms with E-state index in [1.807, 2.05) is 12.1 Å². The second kappa shape index (κ2) is 9.58. The van der Waals surface area contributed by atoms with Crippen molar-refractivity contribution in [1.29, 1.82) is 0 Å². The molecule has 6 rings (SSSR count). The zero-order chi connectivity index (χ0) is 24.6. The minimum atomic E-state index is -0.493. The highest BCUT2D eigenvalue weighted by molar-refractivity contribution is 8.04. The normalized spacial score (nSPS) is 21.6. The van der Waals surface area contributed by atoms with Crippen molar-refractivity contribution in [1.82, 2.24) is 34.8 Å². The Morgan fingerprint density at radius 2 is 2.14 bits per heavy atom. The molecule has 0 bridgehead atoms. The average molecular weight is 509 g/mol. The van der Waals surface area contributed by atoms with Crippen LogP contribution in [0.2, 0.25) is 0 Å². The highest BCUT2D eigenvalue weighted by atomic mass is 32.2. The summed E-state index contributed by atoms with van der Waals surface area (Å²) in [5.74, 6) is -0.273. The molecule has 3 aliphatic rings. The summed E-state index contributed by atoms with van der Waals surface area (Å²) in [7, 11) is 0. The number of allylic oxidation sites excluding steroid dienone is 1. The Bertz CT molecular complexity index is 1510. The van der Waals surface area contributed by atoms with Crippen molar-refractivity contribution < 1.29 is 9.90 Å². The van der Waals surface area contributed by atoms with Gasteiger partial charge in [0.1, 0.15) is 5.69 Å². The van der Waals surface area contributed by atoms with E-state index in [9.17, 15) is 14.7 Å². The molecule has 3 aromatic heterocycles. The summed E-state index contributed by atoms with van der Waals surface area (Å²) in [6.45, 7) is 3.77. The summed E-state index contributed by atoms with van der Waals surface area (Å²) >= 11 is 1.52. The Morgan fingerprint density at radius 3 is 2.89 bits per heavy atom. The molecule has 2 aliphatic heterocycles. The van der Waals surface area contributed by atoms with E-state index in [1.165, 1.54) is 24.6 Å². The molecule has 0 spiro atoms. The van der Waals surface area contributed by atoms with Gasteiger partial charge in [-0.15, -0.1) is 11.8 Å². The van der Waals surface area contributed by atoms with Gasteiger partial charge in [-0.25, -0.2) is 9.78 Å². The summed E-state index contributed by atoms with van der Waals surface area (Å²) in [5, 5.41) is 18.1. The lowest BCUT2D eigenvalue weighted by molar-refractivity contribution is -0.116. The molecule has 1 saturated heterocycles. The van der Waals surface area contributed by atoms with Crippen LogP contribution < -0.4 is 21.7 Å². The first-order valence-corrected chi connectivity index (χ1v) is 13.2. The molecule has 188 valence electrons. The van der Waals surface area contributed by atoms with Gasteiger partial charge in [0.2, 0.25) is 5.88 Å². The molecule has 1 atom stereocenters. The highest BCUT2D eigenvalue weighted by Crippen LogP contribution is 2.42. The van der Waals surface area contributed by atoms with Crippen molar-refractivity contribution in [2.75, 3.05) is 26.2 Å². The van der Waals surface area contributed by atoms with Crippen molar-refractivity contribution in [3.8, 4) is 5.88 Å². The summed E-state index contributed by atoms with van der Waals surface area (Å²) in [6.07, 6.45) is 10.5. The number of rotatable bonds is 7.